The van der Waals surface area contributed by atoms with E-state index in [2.05, 4.69) is 21.4 Å². The summed E-state index contributed by atoms with van der Waals surface area (Å²) in [6.07, 6.45) is 7.31. The maximum atomic E-state index is 9.27. The van der Waals surface area contributed by atoms with E-state index in [1.54, 1.807) is 0 Å². The second-order valence-electron chi connectivity index (χ2n) is 4.53. The van der Waals surface area contributed by atoms with E-state index in [1.165, 1.54) is 12.1 Å². The predicted molar refractivity (Wildman–Crippen MR) is 63.0 cm³/mol. The van der Waals surface area contributed by atoms with Crippen LogP contribution < -0.4 is 0 Å². The number of aryl methyl sites for hydroxylation is 1. The fourth-order valence-electron chi connectivity index (χ4n) is 2.44. The molecule has 0 bridgehead atoms. The van der Waals surface area contributed by atoms with E-state index < -0.39 is 0 Å². The summed E-state index contributed by atoms with van der Waals surface area (Å²) in [6, 6.07) is 0.352. The standard InChI is InChI=1S/C12H21N3O/c1-2-5-15-10-13-7-12(15)8-14-6-3-4-11(14)9-16/h7,10-11,16H,2-6,8-9H2,1H3/t11-/m0/s1. The highest BCUT2D eigenvalue weighted by atomic mass is 16.3. The van der Waals surface area contributed by atoms with E-state index in [0.29, 0.717) is 6.04 Å². The molecule has 16 heavy (non-hydrogen) atoms. The number of likely N-dealkylation sites (tertiary alicyclic amines) is 1. The number of nitrogens with zero attached hydrogens (tertiary/aromatic N) is 3. The number of imidazole rings is 1. The molecule has 0 amide bonds. The van der Waals surface area contributed by atoms with Gasteiger partial charge in [-0.25, -0.2) is 4.98 Å². The first-order valence-electron chi connectivity index (χ1n) is 6.19. The summed E-state index contributed by atoms with van der Waals surface area (Å²) in [7, 11) is 0. The van der Waals surface area contributed by atoms with Gasteiger partial charge in [0.15, 0.2) is 0 Å². The lowest BCUT2D eigenvalue weighted by Crippen LogP contribution is -2.32. The molecule has 1 atom stereocenters. The Morgan fingerprint density at radius 1 is 1.56 bits per heavy atom. The molecule has 2 heterocycles. The average molecular weight is 223 g/mol. The monoisotopic (exact) mass is 223 g/mol. The van der Waals surface area contributed by atoms with Gasteiger partial charge in [0.1, 0.15) is 0 Å². The van der Waals surface area contributed by atoms with Crippen LogP contribution in [0.1, 0.15) is 31.9 Å². The van der Waals surface area contributed by atoms with Gasteiger partial charge < -0.3 is 9.67 Å². The predicted octanol–water partition coefficient (Wildman–Crippen LogP) is 1.25. The third-order valence-electron chi connectivity index (χ3n) is 3.34. The molecule has 4 heteroatoms. The van der Waals surface area contributed by atoms with Crippen LogP contribution in [0.15, 0.2) is 12.5 Å². The van der Waals surface area contributed by atoms with E-state index in [4.69, 9.17) is 0 Å². The fraction of sp³-hybridized carbons (Fsp3) is 0.750. The van der Waals surface area contributed by atoms with Crippen molar-refractivity contribution in [1.29, 1.82) is 0 Å². The Hall–Kier alpha value is -0.870. The zero-order valence-electron chi connectivity index (χ0n) is 9.97. The largest absolute Gasteiger partial charge is 0.395 e. The average Bonchev–Trinajstić information content (AvgIpc) is 2.89. The normalized spacial score (nSPS) is 21.8. The third kappa shape index (κ3) is 2.44. The molecule has 1 fully saturated rings. The van der Waals surface area contributed by atoms with Crippen molar-refractivity contribution < 1.29 is 5.11 Å². The highest BCUT2D eigenvalue weighted by molar-refractivity contribution is 4.99. The molecule has 0 unspecified atom stereocenters. The topological polar surface area (TPSA) is 41.3 Å². The molecular weight excluding hydrogens is 202 g/mol. The van der Waals surface area contributed by atoms with Crippen LogP contribution in [-0.2, 0) is 13.1 Å². The van der Waals surface area contributed by atoms with Gasteiger partial charge in [-0.2, -0.15) is 0 Å². The van der Waals surface area contributed by atoms with Crippen molar-refractivity contribution in [3.8, 4) is 0 Å². The molecule has 0 aliphatic carbocycles. The Bertz CT molecular complexity index is 324. The lowest BCUT2D eigenvalue weighted by atomic mass is 10.2. The molecule has 0 saturated carbocycles. The van der Waals surface area contributed by atoms with Gasteiger partial charge in [-0.1, -0.05) is 6.92 Å². The zero-order chi connectivity index (χ0) is 11.4. The Balaban J connectivity index is 1.99. The summed E-state index contributed by atoms with van der Waals surface area (Å²) in [5.41, 5.74) is 1.27. The third-order valence-corrected chi connectivity index (χ3v) is 3.34. The molecule has 0 spiro atoms. The van der Waals surface area contributed by atoms with Crippen LogP contribution in [0.25, 0.3) is 0 Å². The van der Waals surface area contributed by atoms with Crippen molar-refractivity contribution in [2.75, 3.05) is 13.2 Å². The number of aromatic nitrogens is 2. The molecule has 1 aliphatic rings. The lowest BCUT2D eigenvalue weighted by Gasteiger charge is -2.22. The van der Waals surface area contributed by atoms with Crippen molar-refractivity contribution in [2.24, 2.45) is 0 Å². The van der Waals surface area contributed by atoms with Crippen molar-refractivity contribution in [3.05, 3.63) is 18.2 Å². The van der Waals surface area contributed by atoms with Crippen molar-refractivity contribution in [2.45, 2.75) is 45.3 Å². The van der Waals surface area contributed by atoms with Crippen LogP contribution in [-0.4, -0.2) is 38.8 Å². The SMILES string of the molecule is CCCn1cncc1CN1CCC[C@H]1CO. The lowest BCUT2D eigenvalue weighted by molar-refractivity contribution is 0.151. The number of aliphatic hydroxyl groups is 1. The van der Waals surface area contributed by atoms with Crippen LogP contribution >= 0.6 is 0 Å². The van der Waals surface area contributed by atoms with E-state index in [-0.39, 0.29) is 6.61 Å². The Morgan fingerprint density at radius 2 is 2.44 bits per heavy atom. The van der Waals surface area contributed by atoms with Gasteiger partial charge in [-0.15, -0.1) is 0 Å². The van der Waals surface area contributed by atoms with Crippen molar-refractivity contribution >= 4 is 0 Å². The van der Waals surface area contributed by atoms with Crippen LogP contribution in [0.5, 0.6) is 0 Å². The maximum absolute atomic E-state index is 9.27. The Kier molecular flexibility index (Phi) is 3.96. The smallest absolute Gasteiger partial charge is 0.0948 e. The summed E-state index contributed by atoms with van der Waals surface area (Å²) in [6.45, 7) is 5.51. The number of hydrogen-bond acceptors (Lipinski definition) is 3. The molecular formula is C12H21N3O. The van der Waals surface area contributed by atoms with E-state index in [0.717, 1.165) is 32.5 Å². The molecule has 1 aliphatic heterocycles. The van der Waals surface area contributed by atoms with Gasteiger partial charge in [0.05, 0.1) is 18.6 Å². The molecule has 2 rings (SSSR count). The summed E-state index contributed by atoms with van der Waals surface area (Å²) in [5, 5.41) is 9.27. The van der Waals surface area contributed by atoms with E-state index in [9.17, 15) is 5.11 Å². The van der Waals surface area contributed by atoms with Crippen molar-refractivity contribution in [3.63, 3.8) is 0 Å². The number of hydrogen-bond donors (Lipinski definition) is 1. The highest BCUT2D eigenvalue weighted by Crippen LogP contribution is 2.19. The molecule has 0 radical (unpaired) electrons. The molecule has 0 aromatic carbocycles. The van der Waals surface area contributed by atoms with E-state index >= 15 is 0 Å². The maximum Gasteiger partial charge on any atom is 0.0948 e. The summed E-state index contributed by atoms with van der Waals surface area (Å²) < 4.78 is 2.22. The molecule has 90 valence electrons. The highest BCUT2D eigenvalue weighted by Gasteiger charge is 2.24. The molecule has 1 saturated heterocycles. The number of rotatable bonds is 5. The number of aliphatic hydroxyl groups excluding tert-OH is 1. The van der Waals surface area contributed by atoms with Gasteiger partial charge in [0.2, 0.25) is 0 Å². The fourth-order valence-corrected chi connectivity index (χ4v) is 2.44. The van der Waals surface area contributed by atoms with Gasteiger partial charge in [-0.3, -0.25) is 4.90 Å². The summed E-state index contributed by atoms with van der Waals surface area (Å²) >= 11 is 0. The van der Waals surface area contributed by atoms with Gasteiger partial charge in [0.25, 0.3) is 0 Å². The first-order chi connectivity index (χ1) is 7.85. The van der Waals surface area contributed by atoms with Crippen LogP contribution in [0.4, 0.5) is 0 Å². The summed E-state index contributed by atoms with van der Waals surface area (Å²) in [5.74, 6) is 0. The van der Waals surface area contributed by atoms with Gasteiger partial charge in [-0.05, 0) is 25.8 Å². The minimum Gasteiger partial charge on any atom is -0.395 e. The van der Waals surface area contributed by atoms with Crippen LogP contribution in [0, 0.1) is 0 Å². The first kappa shape index (κ1) is 11.6. The first-order valence-corrected chi connectivity index (χ1v) is 6.19. The van der Waals surface area contributed by atoms with Crippen LogP contribution in [0.2, 0.25) is 0 Å². The zero-order valence-corrected chi connectivity index (χ0v) is 9.97. The second kappa shape index (κ2) is 5.46. The molecule has 1 N–H and O–H groups in total. The molecule has 1 aromatic rings. The van der Waals surface area contributed by atoms with Crippen LogP contribution in [0.3, 0.4) is 0 Å². The minimum absolute atomic E-state index is 0.280. The minimum atomic E-state index is 0.280. The van der Waals surface area contributed by atoms with E-state index in [1.807, 2.05) is 12.5 Å². The van der Waals surface area contributed by atoms with Crippen molar-refractivity contribution in [1.82, 2.24) is 14.5 Å². The summed E-state index contributed by atoms with van der Waals surface area (Å²) in [4.78, 5) is 6.57. The molecule has 1 aromatic heterocycles. The second-order valence-corrected chi connectivity index (χ2v) is 4.53. The quantitative estimate of drug-likeness (QED) is 0.817. The Labute approximate surface area is 96.9 Å². The van der Waals surface area contributed by atoms with Gasteiger partial charge in [0, 0.05) is 25.3 Å². The van der Waals surface area contributed by atoms with Gasteiger partial charge >= 0.3 is 0 Å². The molecule has 4 nitrogen and oxygen atoms in total. The Morgan fingerprint density at radius 3 is 3.19 bits per heavy atom.